The molecule has 2 aromatic rings. The monoisotopic (exact) mass is 718 g/mol. The second kappa shape index (κ2) is 12.7. The summed E-state index contributed by atoms with van der Waals surface area (Å²) in [4.78, 5) is 29.9. The number of ether oxygens (including phenoxy) is 1. The lowest BCUT2D eigenvalue weighted by Gasteiger charge is -2.39. The van der Waals surface area contributed by atoms with Crippen LogP contribution < -0.4 is 4.74 Å². The zero-order chi connectivity index (χ0) is 34.6. The Morgan fingerprint density at radius 1 is 0.979 bits per heavy atom. The van der Waals surface area contributed by atoms with Crippen LogP contribution in [-0.2, 0) is 32.4 Å². The Balaban J connectivity index is 1.29. The summed E-state index contributed by atoms with van der Waals surface area (Å²) in [6.07, 6.45) is -6.33. The van der Waals surface area contributed by atoms with E-state index in [1.165, 1.54) is 0 Å². The highest BCUT2D eigenvalue weighted by atomic mass is 35.5. The van der Waals surface area contributed by atoms with Crippen LogP contribution in [0.3, 0.4) is 0 Å². The van der Waals surface area contributed by atoms with E-state index in [4.69, 9.17) is 16.3 Å². The predicted octanol–water partition coefficient (Wildman–Crippen LogP) is 6.76. The first-order valence-electron chi connectivity index (χ1n) is 14.3. The van der Waals surface area contributed by atoms with E-state index in [1.807, 2.05) is 4.90 Å². The summed E-state index contributed by atoms with van der Waals surface area (Å²) >= 11 is 5.76. The van der Waals surface area contributed by atoms with Gasteiger partial charge >= 0.3 is 24.2 Å². The highest BCUT2D eigenvalue weighted by molar-refractivity contribution is 7.88. The summed E-state index contributed by atoms with van der Waals surface area (Å²) in [5, 5.41) is -0.622. The van der Waals surface area contributed by atoms with Gasteiger partial charge < -0.3 is 9.57 Å². The number of piperidine rings is 1. The van der Waals surface area contributed by atoms with Crippen LogP contribution in [0.25, 0.3) is 0 Å². The summed E-state index contributed by atoms with van der Waals surface area (Å²) in [7, 11) is -4.92. The van der Waals surface area contributed by atoms with E-state index in [-0.39, 0.29) is 48.4 Å². The number of benzene rings is 2. The van der Waals surface area contributed by atoms with Gasteiger partial charge in [-0.15, -0.1) is 0 Å². The molecule has 2 unspecified atom stereocenters. The van der Waals surface area contributed by atoms with Crippen LogP contribution in [-0.4, -0.2) is 60.8 Å². The fourth-order valence-corrected chi connectivity index (χ4v) is 7.01. The second-order valence-corrected chi connectivity index (χ2v) is 14.2. The summed E-state index contributed by atoms with van der Waals surface area (Å²) in [6.45, 7) is 0.00337. The molecule has 18 heteroatoms. The lowest BCUT2D eigenvalue weighted by atomic mass is 9.90. The Bertz CT molecular complexity index is 1670. The third-order valence-electron chi connectivity index (χ3n) is 8.45. The molecule has 0 aromatic heterocycles. The van der Waals surface area contributed by atoms with Gasteiger partial charge in [0.15, 0.2) is 0 Å². The number of sulfonamides is 1. The lowest BCUT2D eigenvalue weighted by Crippen LogP contribution is -2.43. The van der Waals surface area contributed by atoms with Gasteiger partial charge in [-0.25, -0.2) is 22.0 Å². The van der Waals surface area contributed by atoms with Crippen molar-refractivity contribution in [1.29, 1.82) is 0 Å². The van der Waals surface area contributed by atoms with Crippen molar-refractivity contribution in [3.05, 3.63) is 63.2 Å². The number of hydrogen-bond acceptors (Lipinski definition) is 7. The van der Waals surface area contributed by atoms with Crippen LogP contribution >= 0.6 is 11.6 Å². The molecule has 1 amide bonds. The molecular weight excluding hydrogens is 692 g/mol. The van der Waals surface area contributed by atoms with Gasteiger partial charge in [-0.3, -0.25) is 9.69 Å². The largest absolute Gasteiger partial charge is 0.493 e. The Labute approximate surface area is 268 Å². The number of halogens is 9. The summed E-state index contributed by atoms with van der Waals surface area (Å²) in [6, 6.07) is 2.88. The van der Waals surface area contributed by atoms with Crippen molar-refractivity contribution in [1.82, 2.24) is 9.37 Å². The van der Waals surface area contributed by atoms with E-state index < -0.39 is 66.5 Å². The van der Waals surface area contributed by atoms with E-state index in [1.54, 1.807) is 0 Å². The molecule has 47 heavy (non-hydrogen) atoms. The smallest absolute Gasteiger partial charge is 0.493 e. The number of carbonyl (C=O) groups excluding carboxylic acids is 2. The minimum absolute atomic E-state index is 0.0372. The Morgan fingerprint density at radius 2 is 1.60 bits per heavy atom. The van der Waals surface area contributed by atoms with Crippen molar-refractivity contribution in [3.8, 4) is 5.75 Å². The minimum atomic E-state index is -5.64. The number of fused-ring (bicyclic) bond motifs is 2. The fraction of sp³-hybridized carbons (Fsp3) is 0.517. The van der Waals surface area contributed by atoms with E-state index in [0.717, 1.165) is 18.2 Å². The zero-order valence-corrected chi connectivity index (χ0v) is 26.0. The van der Waals surface area contributed by atoms with E-state index >= 15 is 4.39 Å². The number of carbonyl (C=O) groups is 2. The van der Waals surface area contributed by atoms with Gasteiger partial charge in [0.25, 0.3) is 10.0 Å². The van der Waals surface area contributed by atoms with Crippen molar-refractivity contribution >= 4 is 33.5 Å². The van der Waals surface area contributed by atoms with Crippen LogP contribution in [0.5, 0.6) is 5.75 Å². The quantitative estimate of drug-likeness (QED) is 0.220. The first-order chi connectivity index (χ1) is 21.7. The van der Waals surface area contributed by atoms with Gasteiger partial charge in [0, 0.05) is 30.3 Å². The molecule has 2 aliphatic heterocycles. The van der Waals surface area contributed by atoms with Gasteiger partial charge in [-0.05, 0) is 74.1 Å². The number of nitrogens with zero attached hydrogens (tertiary/aromatic N) is 2. The molecule has 258 valence electrons. The van der Waals surface area contributed by atoms with Gasteiger partial charge in [0.1, 0.15) is 17.4 Å². The molecule has 2 aromatic carbocycles. The normalized spacial score (nSPS) is 21.9. The van der Waals surface area contributed by atoms with E-state index in [0.29, 0.717) is 56.4 Å². The second-order valence-electron chi connectivity index (χ2n) is 12.0. The summed E-state index contributed by atoms with van der Waals surface area (Å²) in [5.41, 5.74) is -1.86. The number of amides is 1. The molecule has 3 fully saturated rings. The van der Waals surface area contributed by atoms with Crippen LogP contribution in [0.15, 0.2) is 24.3 Å². The number of hydroxylamine groups is 1. The molecule has 1 saturated carbocycles. The van der Waals surface area contributed by atoms with Crippen LogP contribution in [0.4, 0.5) is 35.1 Å². The highest BCUT2D eigenvalue weighted by Crippen LogP contribution is 2.46. The summed E-state index contributed by atoms with van der Waals surface area (Å²) < 4.78 is 137. The zero-order valence-electron chi connectivity index (χ0n) is 24.4. The Kier molecular flexibility index (Phi) is 9.49. The standard InChI is InChI=1S/C29H27ClF8N2O6S/c1-47(43,44)40(46-27(42)29(36,37)38)26(41)21-10-20(15-2-3-15)24(11-23(21)31)45-13-14-6-18-4-5-19(7-14)39(18)12-16-8-17(28(33,34)35)9-22(30)25(16)32/h8-11,14-15,18-19H,2-7,12-13H2,1H3. The van der Waals surface area contributed by atoms with Gasteiger partial charge in [0.05, 0.1) is 29.0 Å². The third kappa shape index (κ3) is 7.77. The number of rotatable bonds is 8. The molecule has 3 aliphatic rings. The molecule has 8 nitrogen and oxygen atoms in total. The Morgan fingerprint density at radius 3 is 2.13 bits per heavy atom. The molecule has 0 N–H and O–H groups in total. The van der Waals surface area contributed by atoms with Crippen LogP contribution in [0.2, 0.25) is 5.02 Å². The molecule has 2 saturated heterocycles. The van der Waals surface area contributed by atoms with Crippen molar-refractivity contribution in [3.63, 3.8) is 0 Å². The van der Waals surface area contributed by atoms with E-state index in [2.05, 4.69) is 4.84 Å². The topological polar surface area (TPSA) is 93.2 Å². The average Bonchev–Trinajstić information content (AvgIpc) is 3.77. The highest BCUT2D eigenvalue weighted by Gasteiger charge is 2.46. The van der Waals surface area contributed by atoms with Gasteiger partial charge in [-0.2, -0.15) is 26.3 Å². The number of hydrogen-bond donors (Lipinski definition) is 0. The molecule has 0 spiro atoms. The fourth-order valence-electron chi connectivity index (χ4n) is 6.17. The van der Waals surface area contributed by atoms with Crippen molar-refractivity contribution in [2.45, 2.75) is 75.4 Å². The maximum Gasteiger partial charge on any atom is 0.493 e. The Hall–Kier alpha value is -3.18. The molecule has 0 radical (unpaired) electrons. The molecular formula is C29H27ClF8N2O6S. The summed E-state index contributed by atoms with van der Waals surface area (Å²) in [5.74, 6) is -7.36. The van der Waals surface area contributed by atoms with Gasteiger partial charge in [0.2, 0.25) is 0 Å². The van der Waals surface area contributed by atoms with Gasteiger partial charge in [-0.1, -0.05) is 16.1 Å². The minimum Gasteiger partial charge on any atom is -0.493 e. The molecule has 2 bridgehead atoms. The van der Waals surface area contributed by atoms with E-state index in [9.17, 15) is 48.7 Å². The molecule has 2 heterocycles. The van der Waals surface area contributed by atoms with Crippen molar-refractivity contribution in [2.24, 2.45) is 5.92 Å². The first-order valence-corrected chi connectivity index (χ1v) is 16.6. The number of alkyl halides is 6. The SMILES string of the molecule is CS(=O)(=O)N(OC(=O)C(F)(F)F)C(=O)c1cc(C2CC2)c(OCC2CC3CCC(C2)N3Cc2cc(C(F)(F)F)cc(Cl)c2F)cc1F. The van der Waals surface area contributed by atoms with Crippen LogP contribution in [0, 0.1) is 17.6 Å². The molecule has 1 aliphatic carbocycles. The maximum absolute atomic E-state index is 15.2. The van der Waals surface area contributed by atoms with Crippen molar-refractivity contribution in [2.75, 3.05) is 12.9 Å². The van der Waals surface area contributed by atoms with Crippen LogP contribution in [0.1, 0.15) is 71.5 Å². The van der Waals surface area contributed by atoms with Crippen molar-refractivity contribution < 1.29 is 62.7 Å². The predicted molar refractivity (Wildman–Crippen MR) is 149 cm³/mol. The molecule has 5 rings (SSSR count). The first kappa shape index (κ1) is 35.1. The average molecular weight is 719 g/mol. The molecule has 2 atom stereocenters. The lowest BCUT2D eigenvalue weighted by molar-refractivity contribution is -0.216. The third-order valence-corrected chi connectivity index (χ3v) is 9.57. The maximum atomic E-state index is 15.2.